The minimum atomic E-state index is -0.955. The summed E-state index contributed by atoms with van der Waals surface area (Å²) in [4.78, 5) is 13.4. The lowest BCUT2D eigenvalue weighted by Gasteiger charge is -2.33. The number of benzene rings is 1. The molecule has 0 saturated carbocycles. The lowest BCUT2D eigenvalue weighted by molar-refractivity contribution is -0.122. The van der Waals surface area contributed by atoms with E-state index in [1.807, 2.05) is 12.1 Å². The topological polar surface area (TPSA) is 75.8 Å². The standard InChI is InChI=1S/C13H18N2O3/c1-13(2,17)8-15-10-5-9(6-14)3-4-11(10)18-7-12(15)16/h3-5,17H,6-8,14H2,1-2H3. The summed E-state index contributed by atoms with van der Waals surface area (Å²) in [5, 5.41) is 9.88. The highest BCUT2D eigenvalue weighted by Crippen LogP contribution is 2.33. The molecular weight excluding hydrogens is 232 g/mol. The van der Waals surface area contributed by atoms with E-state index in [0.29, 0.717) is 18.0 Å². The Morgan fingerprint density at radius 2 is 2.22 bits per heavy atom. The SMILES string of the molecule is CC(C)(O)CN1C(=O)COc2ccc(CN)cc21. The number of hydrogen-bond donors (Lipinski definition) is 2. The van der Waals surface area contributed by atoms with E-state index in [9.17, 15) is 9.90 Å². The number of β-amino-alcohol motifs (C(OH)–C–C–N with tert-alkyl or cyclic N) is 1. The monoisotopic (exact) mass is 250 g/mol. The molecule has 0 radical (unpaired) electrons. The summed E-state index contributed by atoms with van der Waals surface area (Å²) >= 11 is 0. The number of rotatable bonds is 3. The molecule has 0 fully saturated rings. The van der Waals surface area contributed by atoms with Crippen molar-refractivity contribution in [3.63, 3.8) is 0 Å². The molecule has 0 aliphatic carbocycles. The Bertz CT molecular complexity index is 466. The summed E-state index contributed by atoms with van der Waals surface area (Å²) in [7, 11) is 0. The van der Waals surface area contributed by atoms with E-state index < -0.39 is 5.60 Å². The number of aliphatic hydroxyl groups is 1. The molecule has 1 aliphatic heterocycles. The molecule has 0 unspecified atom stereocenters. The molecule has 5 nitrogen and oxygen atoms in total. The van der Waals surface area contributed by atoms with E-state index in [2.05, 4.69) is 0 Å². The van der Waals surface area contributed by atoms with E-state index in [1.165, 1.54) is 0 Å². The average molecular weight is 250 g/mol. The van der Waals surface area contributed by atoms with Gasteiger partial charge >= 0.3 is 0 Å². The van der Waals surface area contributed by atoms with Crippen LogP contribution in [0.4, 0.5) is 5.69 Å². The Labute approximate surface area is 106 Å². The van der Waals surface area contributed by atoms with Gasteiger partial charge in [-0.3, -0.25) is 4.79 Å². The minimum absolute atomic E-state index is 0.00501. The number of anilines is 1. The van der Waals surface area contributed by atoms with Crippen LogP contribution in [0.3, 0.4) is 0 Å². The molecule has 1 aromatic carbocycles. The number of ether oxygens (including phenoxy) is 1. The second-order valence-corrected chi connectivity index (χ2v) is 5.09. The summed E-state index contributed by atoms with van der Waals surface area (Å²) in [6.07, 6.45) is 0. The fraction of sp³-hybridized carbons (Fsp3) is 0.462. The van der Waals surface area contributed by atoms with Crippen LogP contribution < -0.4 is 15.4 Å². The van der Waals surface area contributed by atoms with Crippen molar-refractivity contribution in [2.45, 2.75) is 26.0 Å². The van der Waals surface area contributed by atoms with Crippen LogP contribution in [0, 0.1) is 0 Å². The van der Waals surface area contributed by atoms with Crippen LogP contribution in [-0.4, -0.2) is 29.8 Å². The first kappa shape index (κ1) is 12.9. The molecule has 1 amide bonds. The number of nitrogens with zero attached hydrogens (tertiary/aromatic N) is 1. The molecule has 1 heterocycles. The summed E-state index contributed by atoms with van der Waals surface area (Å²) < 4.78 is 5.37. The molecule has 0 saturated heterocycles. The van der Waals surface area contributed by atoms with Gasteiger partial charge in [0.2, 0.25) is 0 Å². The second kappa shape index (κ2) is 4.59. The minimum Gasteiger partial charge on any atom is -0.482 e. The first-order valence-corrected chi connectivity index (χ1v) is 5.89. The molecule has 0 spiro atoms. The summed E-state index contributed by atoms with van der Waals surface area (Å²) in [5.74, 6) is 0.495. The summed E-state index contributed by atoms with van der Waals surface area (Å²) in [5.41, 5.74) is 6.24. The maximum atomic E-state index is 11.9. The molecule has 2 rings (SSSR count). The van der Waals surface area contributed by atoms with Crippen LogP contribution >= 0.6 is 0 Å². The van der Waals surface area contributed by atoms with Gasteiger partial charge in [-0.15, -0.1) is 0 Å². The molecule has 0 bridgehead atoms. The second-order valence-electron chi connectivity index (χ2n) is 5.09. The molecule has 1 aromatic rings. The van der Waals surface area contributed by atoms with Crippen molar-refractivity contribution in [2.24, 2.45) is 5.73 Å². The molecule has 0 atom stereocenters. The molecule has 5 heteroatoms. The average Bonchev–Trinajstić information content (AvgIpc) is 2.31. The van der Waals surface area contributed by atoms with Gasteiger partial charge in [0.05, 0.1) is 17.8 Å². The first-order valence-electron chi connectivity index (χ1n) is 5.89. The molecule has 0 aromatic heterocycles. The van der Waals surface area contributed by atoms with Gasteiger partial charge < -0.3 is 20.5 Å². The Kier molecular flexibility index (Phi) is 3.28. The highest BCUT2D eigenvalue weighted by molar-refractivity contribution is 5.98. The summed E-state index contributed by atoms with van der Waals surface area (Å²) in [6.45, 7) is 3.98. The largest absolute Gasteiger partial charge is 0.482 e. The third-order valence-electron chi connectivity index (χ3n) is 2.75. The van der Waals surface area contributed by atoms with Gasteiger partial charge in [0.25, 0.3) is 5.91 Å². The van der Waals surface area contributed by atoms with Crippen molar-refractivity contribution in [1.29, 1.82) is 0 Å². The zero-order valence-corrected chi connectivity index (χ0v) is 10.6. The van der Waals surface area contributed by atoms with Gasteiger partial charge in [0, 0.05) is 6.54 Å². The van der Waals surface area contributed by atoms with Gasteiger partial charge in [0.1, 0.15) is 5.75 Å². The highest BCUT2D eigenvalue weighted by atomic mass is 16.5. The van der Waals surface area contributed by atoms with Crippen molar-refractivity contribution >= 4 is 11.6 Å². The van der Waals surface area contributed by atoms with Crippen LogP contribution in [-0.2, 0) is 11.3 Å². The summed E-state index contributed by atoms with van der Waals surface area (Å²) in [6, 6.07) is 5.51. The lowest BCUT2D eigenvalue weighted by Crippen LogP contribution is -2.46. The number of hydrogen-bond acceptors (Lipinski definition) is 4. The third-order valence-corrected chi connectivity index (χ3v) is 2.75. The molecule has 3 N–H and O–H groups in total. The van der Waals surface area contributed by atoms with Crippen LogP contribution in [0.2, 0.25) is 0 Å². The maximum Gasteiger partial charge on any atom is 0.265 e. The van der Waals surface area contributed by atoms with Crippen molar-refractivity contribution in [3.8, 4) is 5.75 Å². The predicted octanol–water partition coefficient (Wildman–Crippen LogP) is 0.642. The quantitative estimate of drug-likeness (QED) is 0.825. The molecular formula is C13H18N2O3. The normalized spacial score (nSPS) is 15.3. The Hall–Kier alpha value is -1.59. The number of fused-ring (bicyclic) bond motifs is 1. The zero-order valence-electron chi connectivity index (χ0n) is 10.6. The number of nitrogens with two attached hydrogens (primary N) is 1. The van der Waals surface area contributed by atoms with E-state index in [-0.39, 0.29) is 19.1 Å². The van der Waals surface area contributed by atoms with Gasteiger partial charge in [-0.05, 0) is 31.5 Å². The van der Waals surface area contributed by atoms with Crippen LogP contribution in [0.1, 0.15) is 19.4 Å². The smallest absolute Gasteiger partial charge is 0.265 e. The van der Waals surface area contributed by atoms with Crippen LogP contribution in [0.5, 0.6) is 5.75 Å². The van der Waals surface area contributed by atoms with Crippen LogP contribution in [0.25, 0.3) is 0 Å². The van der Waals surface area contributed by atoms with Gasteiger partial charge in [0.15, 0.2) is 6.61 Å². The Morgan fingerprint density at radius 1 is 1.50 bits per heavy atom. The van der Waals surface area contributed by atoms with Crippen molar-refractivity contribution in [1.82, 2.24) is 0 Å². The first-order chi connectivity index (χ1) is 8.40. The van der Waals surface area contributed by atoms with Crippen molar-refractivity contribution in [3.05, 3.63) is 23.8 Å². The Balaban J connectivity index is 2.39. The third kappa shape index (κ3) is 2.63. The van der Waals surface area contributed by atoms with E-state index in [4.69, 9.17) is 10.5 Å². The Morgan fingerprint density at radius 3 is 2.83 bits per heavy atom. The fourth-order valence-electron chi connectivity index (χ4n) is 1.93. The van der Waals surface area contributed by atoms with E-state index in [1.54, 1.807) is 24.8 Å². The predicted molar refractivity (Wildman–Crippen MR) is 68.5 cm³/mol. The molecule has 18 heavy (non-hydrogen) atoms. The highest BCUT2D eigenvalue weighted by Gasteiger charge is 2.29. The van der Waals surface area contributed by atoms with E-state index in [0.717, 1.165) is 5.56 Å². The maximum absolute atomic E-state index is 11.9. The zero-order chi connectivity index (χ0) is 13.3. The number of amides is 1. The van der Waals surface area contributed by atoms with Crippen molar-refractivity contribution < 1.29 is 14.6 Å². The van der Waals surface area contributed by atoms with E-state index >= 15 is 0 Å². The molecule has 98 valence electrons. The van der Waals surface area contributed by atoms with Gasteiger partial charge in [-0.2, -0.15) is 0 Å². The van der Waals surface area contributed by atoms with Gasteiger partial charge in [-0.25, -0.2) is 0 Å². The van der Waals surface area contributed by atoms with Crippen molar-refractivity contribution in [2.75, 3.05) is 18.1 Å². The van der Waals surface area contributed by atoms with Gasteiger partial charge in [-0.1, -0.05) is 6.07 Å². The number of carbonyl (C=O) groups is 1. The fourth-order valence-corrected chi connectivity index (χ4v) is 1.93. The number of carbonyl (C=O) groups excluding carboxylic acids is 1. The van der Waals surface area contributed by atoms with Crippen LogP contribution in [0.15, 0.2) is 18.2 Å². The molecule has 1 aliphatic rings. The lowest BCUT2D eigenvalue weighted by atomic mass is 10.1.